The van der Waals surface area contributed by atoms with Gasteiger partial charge in [0.25, 0.3) is 0 Å². The molecule has 0 unspecified atom stereocenters. The quantitative estimate of drug-likeness (QED) is 0.726. The van der Waals surface area contributed by atoms with Crippen LogP contribution in [0.5, 0.6) is 5.75 Å². The summed E-state index contributed by atoms with van der Waals surface area (Å²) in [7, 11) is 0. The third kappa shape index (κ3) is 2.26. The van der Waals surface area contributed by atoms with E-state index in [0.717, 1.165) is 28.2 Å². The monoisotopic (exact) mass is 249 g/mol. The summed E-state index contributed by atoms with van der Waals surface area (Å²) in [6.07, 6.45) is 8.65. The Hall–Kier alpha value is -2.80. The van der Waals surface area contributed by atoms with Gasteiger partial charge in [0.15, 0.2) is 0 Å². The van der Waals surface area contributed by atoms with E-state index in [2.05, 4.69) is 20.9 Å². The van der Waals surface area contributed by atoms with Crippen molar-refractivity contribution in [3.8, 4) is 29.5 Å². The second-order valence-corrected chi connectivity index (χ2v) is 4.00. The molecule has 92 valence electrons. The summed E-state index contributed by atoms with van der Waals surface area (Å²) in [4.78, 5) is 11.8. The highest BCUT2D eigenvalue weighted by molar-refractivity contribution is 5.78. The smallest absolute Gasteiger partial charge is 0.148 e. The Bertz CT molecular complexity index is 722. The number of aromatic nitrogens is 3. The van der Waals surface area contributed by atoms with Crippen LogP contribution in [0.1, 0.15) is 0 Å². The van der Waals surface area contributed by atoms with E-state index in [1.807, 2.05) is 30.3 Å². The lowest BCUT2D eigenvalue weighted by molar-refractivity contribution is 0.370. The second kappa shape index (κ2) is 4.83. The maximum Gasteiger partial charge on any atom is 0.148 e. The zero-order valence-corrected chi connectivity index (χ0v) is 10.1. The van der Waals surface area contributed by atoms with Crippen molar-refractivity contribution in [2.75, 3.05) is 6.61 Å². The van der Waals surface area contributed by atoms with E-state index in [0.29, 0.717) is 0 Å². The molecule has 0 radical (unpaired) electrons. The largest absolute Gasteiger partial charge is 0.481 e. The number of aromatic amines is 1. The highest BCUT2D eigenvalue weighted by Gasteiger charge is 2.05. The summed E-state index contributed by atoms with van der Waals surface area (Å²) in [6.45, 7) is 0.257. The van der Waals surface area contributed by atoms with Gasteiger partial charge in [0.05, 0.1) is 17.2 Å². The predicted octanol–water partition coefficient (Wildman–Crippen LogP) is 2.64. The van der Waals surface area contributed by atoms with Crippen LogP contribution in [0.4, 0.5) is 0 Å². The predicted molar refractivity (Wildman–Crippen MR) is 73.7 cm³/mol. The van der Waals surface area contributed by atoms with Crippen molar-refractivity contribution in [1.82, 2.24) is 15.0 Å². The van der Waals surface area contributed by atoms with Gasteiger partial charge in [-0.25, -0.2) is 4.98 Å². The third-order valence-electron chi connectivity index (χ3n) is 2.71. The lowest BCUT2D eigenvalue weighted by Gasteiger charge is -2.03. The van der Waals surface area contributed by atoms with Gasteiger partial charge >= 0.3 is 0 Å². The molecule has 0 fully saturated rings. The number of pyridine rings is 1. The highest BCUT2D eigenvalue weighted by Crippen LogP contribution is 2.23. The third-order valence-corrected chi connectivity index (χ3v) is 2.71. The van der Waals surface area contributed by atoms with Crippen molar-refractivity contribution >= 4 is 11.0 Å². The van der Waals surface area contributed by atoms with E-state index in [4.69, 9.17) is 11.2 Å². The molecule has 2 aromatic heterocycles. The van der Waals surface area contributed by atoms with E-state index in [9.17, 15) is 0 Å². The molecule has 0 saturated heterocycles. The van der Waals surface area contributed by atoms with Gasteiger partial charge in [-0.1, -0.05) is 18.1 Å². The average molecular weight is 249 g/mol. The van der Waals surface area contributed by atoms with Gasteiger partial charge in [0.2, 0.25) is 0 Å². The number of nitrogens with one attached hydrogen (secondary N) is 1. The number of benzene rings is 1. The van der Waals surface area contributed by atoms with Crippen LogP contribution in [0.3, 0.4) is 0 Å². The van der Waals surface area contributed by atoms with Gasteiger partial charge in [-0.15, -0.1) is 6.42 Å². The highest BCUT2D eigenvalue weighted by atomic mass is 16.5. The number of fused-ring (bicyclic) bond motifs is 1. The van der Waals surface area contributed by atoms with Crippen LogP contribution < -0.4 is 4.74 Å². The Morgan fingerprint density at radius 2 is 2.26 bits per heavy atom. The molecule has 0 aliphatic rings. The molecule has 0 saturated carbocycles. The molecule has 4 heteroatoms. The van der Waals surface area contributed by atoms with Crippen LogP contribution in [0.15, 0.2) is 42.7 Å². The summed E-state index contributed by atoms with van der Waals surface area (Å²) in [5.74, 6) is 3.96. The minimum absolute atomic E-state index is 0.257. The maximum absolute atomic E-state index is 5.40. The fraction of sp³-hybridized carbons (Fsp3) is 0.0667. The number of H-pyrrole nitrogens is 1. The standard InChI is InChI=1S/C15H11N3O/c1-2-8-19-12-5-3-4-11(9-12)15-17-13-6-7-16-10-14(13)18-15/h1,3-7,9-10H,8H2,(H,17,18). The van der Waals surface area contributed by atoms with Crippen LogP contribution in [0, 0.1) is 12.3 Å². The SMILES string of the molecule is C#CCOc1cccc(-c2nc3ccncc3[nH]2)c1. The molecular weight excluding hydrogens is 238 g/mol. The first-order valence-electron chi connectivity index (χ1n) is 5.83. The Labute approximate surface area is 110 Å². The molecule has 0 aliphatic carbocycles. The molecule has 1 N–H and O–H groups in total. The normalized spacial score (nSPS) is 10.3. The van der Waals surface area contributed by atoms with Crippen molar-refractivity contribution < 1.29 is 4.74 Å². The first-order chi connectivity index (χ1) is 9.36. The number of imidazole rings is 1. The van der Waals surface area contributed by atoms with Gasteiger partial charge in [-0.05, 0) is 18.2 Å². The minimum Gasteiger partial charge on any atom is -0.481 e. The van der Waals surface area contributed by atoms with Crippen LogP contribution in [-0.4, -0.2) is 21.6 Å². The Balaban J connectivity index is 1.99. The number of ether oxygens (including phenoxy) is 1. The van der Waals surface area contributed by atoms with E-state index in [-0.39, 0.29) is 6.61 Å². The topological polar surface area (TPSA) is 50.8 Å². The van der Waals surface area contributed by atoms with Crippen LogP contribution in [0.2, 0.25) is 0 Å². The lowest BCUT2D eigenvalue weighted by atomic mass is 10.2. The Kier molecular flexibility index (Phi) is 2.87. The fourth-order valence-corrected chi connectivity index (χ4v) is 1.85. The molecule has 0 amide bonds. The maximum atomic E-state index is 5.40. The molecule has 19 heavy (non-hydrogen) atoms. The van der Waals surface area contributed by atoms with Crippen molar-refractivity contribution in [3.05, 3.63) is 42.7 Å². The minimum atomic E-state index is 0.257. The van der Waals surface area contributed by atoms with Gasteiger partial charge in [0.1, 0.15) is 18.2 Å². The molecule has 3 rings (SSSR count). The van der Waals surface area contributed by atoms with Crippen molar-refractivity contribution in [3.63, 3.8) is 0 Å². The molecule has 1 aromatic carbocycles. The van der Waals surface area contributed by atoms with Crippen LogP contribution in [-0.2, 0) is 0 Å². The molecule has 0 bridgehead atoms. The van der Waals surface area contributed by atoms with Gasteiger partial charge in [-0.2, -0.15) is 0 Å². The Morgan fingerprint density at radius 1 is 1.32 bits per heavy atom. The van der Waals surface area contributed by atoms with Gasteiger partial charge in [-0.3, -0.25) is 4.98 Å². The van der Waals surface area contributed by atoms with Crippen molar-refractivity contribution in [2.24, 2.45) is 0 Å². The van der Waals surface area contributed by atoms with Crippen molar-refractivity contribution in [1.29, 1.82) is 0 Å². The van der Waals surface area contributed by atoms with Gasteiger partial charge < -0.3 is 9.72 Å². The molecule has 0 atom stereocenters. The van der Waals surface area contributed by atoms with E-state index >= 15 is 0 Å². The number of rotatable bonds is 3. The van der Waals surface area contributed by atoms with Crippen LogP contribution in [0.25, 0.3) is 22.4 Å². The second-order valence-electron chi connectivity index (χ2n) is 4.00. The molecule has 3 aromatic rings. The number of nitrogens with zero attached hydrogens (tertiary/aromatic N) is 2. The first kappa shape index (κ1) is 11.3. The summed E-state index contributed by atoms with van der Waals surface area (Å²) >= 11 is 0. The first-order valence-corrected chi connectivity index (χ1v) is 5.83. The van der Waals surface area contributed by atoms with E-state index < -0.39 is 0 Å². The fourth-order valence-electron chi connectivity index (χ4n) is 1.85. The molecule has 2 heterocycles. The van der Waals surface area contributed by atoms with E-state index in [1.54, 1.807) is 12.4 Å². The number of hydrogen-bond donors (Lipinski definition) is 1. The van der Waals surface area contributed by atoms with Gasteiger partial charge in [0, 0.05) is 11.8 Å². The average Bonchev–Trinajstić information content (AvgIpc) is 2.89. The molecule has 0 spiro atoms. The Morgan fingerprint density at radius 3 is 3.11 bits per heavy atom. The molecule has 0 aliphatic heterocycles. The molecule has 4 nitrogen and oxygen atoms in total. The summed E-state index contributed by atoms with van der Waals surface area (Å²) < 4.78 is 5.40. The zero-order chi connectivity index (χ0) is 13.1. The van der Waals surface area contributed by atoms with Crippen LogP contribution >= 0.6 is 0 Å². The molecular formula is C15H11N3O. The number of hydrogen-bond acceptors (Lipinski definition) is 3. The summed E-state index contributed by atoms with van der Waals surface area (Å²) in [6, 6.07) is 9.52. The van der Waals surface area contributed by atoms with Crippen molar-refractivity contribution in [2.45, 2.75) is 0 Å². The number of terminal acetylenes is 1. The van der Waals surface area contributed by atoms with E-state index in [1.165, 1.54) is 0 Å². The summed E-state index contributed by atoms with van der Waals surface area (Å²) in [5, 5.41) is 0. The lowest BCUT2D eigenvalue weighted by Crippen LogP contribution is -1.93. The zero-order valence-electron chi connectivity index (χ0n) is 10.1. The summed E-state index contributed by atoms with van der Waals surface area (Å²) in [5.41, 5.74) is 2.75.